The molecular formula is C21H18ClN2OP. The average molecular weight is 381 g/mol. The molecule has 0 N–H and O–H groups in total. The van der Waals surface area contributed by atoms with E-state index in [4.69, 9.17) is 16.6 Å². The summed E-state index contributed by atoms with van der Waals surface area (Å²) < 4.78 is 12.2. The molecule has 0 radical (unpaired) electrons. The van der Waals surface area contributed by atoms with Gasteiger partial charge in [-0.3, -0.25) is 9.97 Å². The Kier molecular flexibility index (Phi) is 4.30. The van der Waals surface area contributed by atoms with Crippen molar-refractivity contribution in [2.24, 2.45) is 0 Å². The van der Waals surface area contributed by atoms with E-state index in [9.17, 15) is 4.57 Å². The van der Waals surface area contributed by atoms with Crippen LogP contribution in [0.15, 0.2) is 60.8 Å². The van der Waals surface area contributed by atoms with Crippen molar-refractivity contribution in [3.63, 3.8) is 0 Å². The van der Waals surface area contributed by atoms with Gasteiger partial charge < -0.3 is 4.57 Å². The summed E-state index contributed by atoms with van der Waals surface area (Å²) in [6, 6.07) is 18.2. The molecule has 130 valence electrons. The summed E-state index contributed by atoms with van der Waals surface area (Å²) in [4.78, 5) is 9.34. The molecule has 26 heavy (non-hydrogen) atoms. The largest absolute Gasteiger partial charge is 0.324 e. The van der Waals surface area contributed by atoms with E-state index < -0.39 is 7.14 Å². The van der Waals surface area contributed by atoms with Crippen LogP contribution in [0, 0.1) is 0 Å². The molecule has 0 fully saturated rings. The summed E-state index contributed by atoms with van der Waals surface area (Å²) in [5.41, 5.74) is 4.65. The number of nitrogens with zero attached hydrogens (tertiary/aromatic N) is 2. The number of halogens is 1. The van der Waals surface area contributed by atoms with Gasteiger partial charge in [-0.05, 0) is 42.7 Å². The highest BCUT2D eigenvalue weighted by molar-refractivity contribution is 7.61. The molecule has 0 amide bonds. The zero-order chi connectivity index (χ0) is 18.3. The quantitative estimate of drug-likeness (QED) is 0.312. The lowest BCUT2D eigenvalue weighted by atomic mass is 9.98. The van der Waals surface area contributed by atoms with Crippen LogP contribution >= 0.6 is 18.7 Å². The first-order chi connectivity index (χ1) is 12.4. The Morgan fingerprint density at radius 3 is 2.50 bits per heavy atom. The van der Waals surface area contributed by atoms with Crippen molar-refractivity contribution in [2.45, 2.75) is 6.16 Å². The third-order valence-corrected chi connectivity index (χ3v) is 5.57. The Bertz CT molecular complexity index is 1170. The van der Waals surface area contributed by atoms with Crippen molar-refractivity contribution in [1.82, 2.24) is 9.97 Å². The molecule has 0 saturated carbocycles. The van der Waals surface area contributed by atoms with E-state index in [0.717, 1.165) is 38.6 Å². The first-order valence-electron chi connectivity index (χ1n) is 8.38. The van der Waals surface area contributed by atoms with Gasteiger partial charge in [-0.1, -0.05) is 48.0 Å². The third kappa shape index (κ3) is 3.38. The molecule has 0 unspecified atom stereocenters. The van der Waals surface area contributed by atoms with Gasteiger partial charge in [0.25, 0.3) is 0 Å². The van der Waals surface area contributed by atoms with E-state index in [1.807, 2.05) is 36.4 Å². The zero-order valence-electron chi connectivity index (χ0n) is 14.6. The molecule has 3 nitrogen and oxygen atoms in total. The predicted molar refractivity (Wildman–Crippen MR) is 111 cm³/mol. The number of hydrogen-bond acceptors (Lipinski definition) is 3. The van der Waals surface area contributed by atoms with Crippen LogP contribution in [0.1, 0.15) is 5.69 Å². The molecule has 0 aliphatic heterocycles. The highest BCUT2D eigenvalue weighted by atomic mass is 35.5. The SMILES string of the molecule is CP(C)(=O)Cc1ccc2cc(-c3ccccc3)c3cc(Cl)cnc3c2n1. The second-order valence-corrected chi connectivity index (χ2v) is 10.8. The van der Waals surface area contributed by atoms with Crippen LogP contribution in [-0.4, -0.2) is 23.3 Å². The topological polar surface area (TPSA) is 42.9 Å². The fourth-order valence-electron chi connectivity index (χ4n) is 3.22. The van der Waals surface area contributed by atoms with Crippen molar-refractivity contribution in [2.75, 3.05) is 13.3 Å². The highest BCUT2D eigenvalue weighted by Gasteiger charge is 2.14. The first-order valence-corrected chi connectivity index (χ1v) is 11.5. The Morgan fingerprint density at radius 2 is 1.77 bits per heavy atom. The third-order valence-electron chi connectivity index (χ3n) is 4.28. The second-order valence-electron chi connectivity index (χ2n) is 6.95. The normalized spacial score (nSPS) is 12.0. The maximum absolute atomic E-state index is 12.2. The Hall–Kier alpha value is -2.22. The average Bonchev–Trinajstić information content (AvgIpc) is 2.60. The molecule has 0 saturated heterocycles. The molecule has 4 aromatic rings. The summed E-state index contributed by atoms with van der Waals surface area (Å²) in [5, 5.41) is 2.57. The number of rotatable bonds is 3. The van der Waals surface area contributed by atoms with Gasteiger partial charge in [0, 0.05) is 28.8 Å². The molecule has 0 spiro atoms. The smallest absolute Gasteiger partial charge is 0.0972 e. The van der Waals surface area contributed by atoms with E-state index in [2.05, 4.69) is 23.2 Å². The number of pyridine rings is 2. The minimum Gasteiger partial charge on any atom is -0.324 e. The molecule has 0 aliphatic rings. The van der Waals surface area contributed by atoms with Crippen LogP contribution in [0.2, 0.25) is 5.02 Å². The van der Waals surface area contributed by atoms with Gasteiger partial charge >= 0.3 is 0 Å². The summed E-state index contributed by atoms with van der Waals surface area (Å²) >= 11 is 6.23. The Balaban J connectivity index is 2.03. The van der Waals surface area contributed by atoms with Gasteiger partial charge in [0.05, 0.1) is 23.2 Å². The molecule has 0 aliphatic carbocycles. The van der Waals surface area contributed by atoms with E-state index in [0.29, 0.717) is 11.2 Å². The lowest BCUT2D eigenvalue weighted by Gasteiger charge is -2.12. The molecule has 4 rings (SSSR count). The van der Waals surface area contributed by atoms with Crippen LogP contribution < -0.4 is 0 Å². The molecule has 0 bridgehead atoms. The van der Waals surface area contributed by atoms with E-state index in [-0.39, 0.29) is 0 Å². The fraction of sp³-hybridized carbons (Fsp3) is 0.143. The van der Waals surface area contributed by atoms with E-state index in [1.54, 1.807) is 19.5 Å². The minimum atomic E-state index is -2.20. The minimum absolute atomic E-state index is 0.485. The van der Waals surface area contributed by atoms with Gasteiger partial charge in [0.1, 0.15) is 0 Å². The van der Waals surface area contributed by atoms with Crippen LogP contribution in [-0.2, 0) is 10.7 Å². The van der Waals surface area contributed by atoms with Crippen LogP contribution in [0.4, 0.5) is 0 Å². The van der Waals surface area contributed by atoms with Gasteiger partial charge in [0.2, 0.25) is 0 Å². The van der Waals surface area contributed by atoms with Gasteiger partial charge in [0.15, 0.2) is 0 Å². The molecule has 2 aromatic heterocycles. The highest BCUT2D eigenvalue weighted by Crippen LogP contribution is 2.41. The second kappa shape index (κ2) is 6.50. The Labute approximate surface area is 157 Å². The van der Waals surface area contributed by atoms with Crippen LogP contribution in [0.3, 0.4) is 0 Å². The van der Waals surface area contributed by atoms with Crippen molar-refractivity contribution < 1.29 is 4.57 Å². The van der Waals surface area contributed by atoms with Gasteiger partial charge in [-0.15, -0.1) is 0 Å². The Morgan fingerprint density at radius 1 is 1.00 bits per heavy atom. The molecule has 5 heteroatoms. The summed E-state index contributed by atoms with van der Waals surface area (Å²) in [5.74, 6) is 0. The number of aromatic nitrogens is 2. The van der Waals surface area contributed by atoms with Crippen molar-refractivity contribution >= 4 is 40.5 Å². The molecular weight excluding hydrogens is 363 g/mol. The maximum atomic E-state index is 12.2. The standard InChI is InChI=1S/C21H18ClN2OP/c1-26(2,25)13-17-9-8-15-10-18(14-6-4-3-5-7-14)19-11-16(22)12-23-21(19)20(15)24-17/h3-12H,13H2,1-2H3. The maximum Gasteiger partial charge on any atom is 0.0972 e. The fourth-order valence-corrected chi connectivity index (χ4v) is 4.33. The monoisotopic (exact) mass is 380 g/mol. The lowest BCUT2D eigenvalue weighted by molar-refractivity contribution is 0.581. The summed E-state index contributed by atoms with van der Waals surface area (Å²) in [7, 11) is -2.20. The lowest BCUT2D eigenvalue weighted by Crippen LogP contribution is -1.94. The number of fused-ring (bicyclic) bond motifs is 3. The number of benzene rings is 2. The molecule has 2 aromatic carbocycles. The molecule has 2 heterocycles. The summed E-state index contributed by atoms with van der Waals surface area (Å²) in [6.45, 7) is 3.57. The first kappa shape index (κ1) is 17.2. The zero-order valence-corrected chi connectivity index (χ0v) is 16.3. The molecule has 0 atom stereocenters. The summed E-state index contributed by atoms with van der Waals surface area (Å²) in [6.07, 6.45) is 2.13. The van der Waals surface area contributed by atoms with Crippen LogP contribution in [0.25, 0.3) is 32.9 Å². The van der Waals surface area contributed by atoms with Crippen molar-refractivity contribution in [3.8, 4) is 11.1 Å². The van der Waals surface area contributed by atoms with Gasteiger partial charge in [-0.2, -0.15) is 0 Å². The van der Waals surface area contributed by atoms with E-state index >= 15 is 0 Å². The van der Waals surface area contributed by atoms with Gasteiger partial charge in [-0.25, -0.2) is 0 Å². The van der Waals surface area contributed by atoms with Crippen molar-refractivity contribution in [1.29, 1.82) is 0 Å². The predicted octanol–water partition coefficient (Wildman–Crippen LogP) is 6.23. The van der Waals surface area contributed by atoms with Crippen LogP contribution in [0.5, 0.6) is 0 Å². The number of hydrogen-bond donors (Lipinski definition) is 0. The van der Waals surface area contributed by atoms with Crippen molar-refractivity contribution in [3.05, 3.63) is 71.5 Å². The van der Waals surface area contributed by atoms with E-state index in [1.165, 1.54) is 0 Å².